The smallest absolute Gasteiger partial charge is 0.258 e. The average molecular weight is 1110 g/mol. The summed E-state index contributed by atoms with van der Waals surface area (Å²) in [4.78, 5) is 33.1. The molecule has 9 rings (SSSR count). The molecule has 8 bridgehead atoms. The second-order valence-electron chi connectivity index (χ2n) is 28.0. The minimum Gasteiger partial charge on any atom is -0.507 e. The number of fused-ring (bicyclic) bond motifs is 8. The average Bonchev–Trinajstić information content (AvgIpc) is 3.61. The van der Waals surface area contributed by atoms with Gasteiger partial charge in [0.05, 0.1) is 0 Å². The molecule has 0 saturated carbocycles. The molecule has 0 radical (unpaired) electrons. The van der Waals surface area contributed by atoms with E-state index >= 15 is 0 Å². The van der Waals surface area contributed by atoms with Crippen molar-refractivity contribution in [2.75, 3.05) is 39.4 Å². The maximum absolute atomic E-state index is 14.1. The van der Waals surface area contributed by atoms with E-state index in [1.807, 2.05) is 12.1 Å². The molecule has 2 fully saturated rings. The number of piperidine rings is 2. The molecule has 3 aliphatic rings. The van der Waals surface area contributed by atoms with Crippen molar-refractivity contribution in [1.82, 2.24) is 20.4 Å². The Morgan fingerprint density at radius 1 is 0.427 bits per heavy atom. The Balaban J connectivity index is 1.10. The lowest BCUT2D eigenvalue weighted by Crippen LogP contribution is -2.45. The molecule has 0 unspecified atom stereocenters. The first kappa shape index (κ1) is 60.0. The van der Waals surface area contributed by atoms with Gasteiger partial charge in [-0.25, -0.2) is 0 Å². The van der Waals surface area contributed by atoms with Crippen LogP contribution in [-0.2, 0) is 70.0 Å². The van der Waals surface area contributed by atoms with Gasteiger partial charge in [-0.05, 0) is 125 Å². The fraction of sp³-hybridized carbons (Fsp3) is 0.472. The number of nitrogens with zero attached hydrogens (tertiary/aromatic N) is 2. The van der Waals surface area contributed by atoms with Gasteiger partial charge in [-0.1, -0.05) is 192 Å². The third-order valence-corrected chi connectivity index (χ3v) is 17.1. The number of amides is 2. The Morgan fingerprint density at radius 3 is 0.939 bits per heavy atom. The van der Waals surface area contributed by atoms with Gasteiger partial charge in [0.1, 0.15) is 23.0 Å². The van der Waals surface area contributed by atoms with Crippen molar-refractivity contribution >= 4 is 11.8 Å². The number of carbonyl (C=O) groups is 2. The second kappa shape index (κ2) is 24.7. The highest BCUT2D eigenvalue weighted by atomic mass is 16.5. The van der Waals surface area contributed by atoms with Crippen molar-refractivity contribution in [1.29, 1.82) is 0 Å². The summed E-state index contributed by atoms with van der Waals surface area (Å²) < 4.78 is 13.8. The molecule has 6 aromatic rings. The Kier molecular flexibility index (Phi) is 18.1. The summed E-state index contributed by atoms with van der Waals surface area (Å²) >= 11 is 0. The lowest BCUT2D eigenvalue weighted by Gasteiger charge is -2.32. The molecule has 436 valence electrons. The molecule has 2 aliphatic heterocycles. The molecule has 82 heavy (non-hydrogen) atoms. The van der Waals surface area contributed by atoms with E-state index < -0.39 is 0 Å². The Labute approximate surface area is 490 Å². The van der Waals surface area contributed by atoms with E-state index in [2.05, 4.69) is 201 Å². The minimum absolute atomic E-state index is 0.0380. The third-order valence-electron chi connectivity index (χ3n) is 17.1. The molecule has 4 N–H and O–H groups in total. The van der Waals surface area contributed by atoms with Crippen molar-refractivity contribution in [3.8, 4) is 23.0 Å². The van der Waals surface area contributed by atoms with Crippen LogP contribution in [0.15, 0.2) is 109 Å². The number of phenols is 2. The van der Waals surface area contributed by atoms with Crippen LogP contribution >= 0.6 is 0 Å². The largest absolute Gasteiger partial charge is 0.507 e. The molecule has 2 amide bonds. The Hall–Kier alpha value is -6.62. The summed E-state index contributed by atoms with van der Waals surface area (Å²) in [6.07, 6.45) is 4.68. The first-order valence-electron chi connectivity index (χ1n) is 30.1. The van der Waals surface area contributed by atoms with E-state index in [9.17, 15) is 19.8 Å². The van der Waals surface area contributed by atoms with Gasteiger partial charge in [0.2, 0.25) is 0 Å². The Bertz CT molecular complexity index is 2900. The first-order valence-corrected chi connectivity index (χ1v) is 30.1. The monoisotopic (exact) mass is 1110 g/mol. The number of benzene rings is 6. The van der Waals surface area contributed by atoms with Gasteiger partial charge in [-0.3, -0.25) is 19.4 Å². The number of phenolic OH excluding ortho intramolecular Hbond substituents is 2. The highest BCUT2D eigenvalue weighted by Crippen LogP contribution is 2.44. The zero-order valence-electron chi connectivity index (χ0n) is 51.3. The summed E-state index contributed by atoms with van der Waals surface area (Å²) in [5.41, 5.74) is 12.1. The minimum atomic E-state index is -0.288. The van der Waals surface area contributed by atoms with Crippen LogP contribution in [-0.4, -0.2) is 83.3 Å². The number of hydrogen-bond acceptors (Lipinski definition) is 8. The molecular formula is C72H92N4O6. The third kappa shape index (κ3) is 15.1. The molecule has 10 heteroatoms. The zero-order chi connectivity index (χ0) is 58.7. The van der Waals surface area contributed by atoms with E-state index in [0.29, 0.717) is 37.2 Å². The van der Waals surface area contributed by atoms with Crippen molar-refractivity contribution in [3.05, 3.63) is 187 Å². The van der Waals surface area contributed by atoms with Crippen molar-refractivity contribution in [2.24, 2.45) is 0 Å². The lowest BCUT2D eigenvalue weighted by atomic mass is 9.79. The predicted molar refractivity (Wildman–Crippen MR) is 332 cm³/mol. The molecule has 0 spiro atoms. The van der Waals surface area contributed by atoms with Gasteiger partial charge in [0.25, 0.3) is 11.8 Å². The van der Waals surface area contributed by atoms with Crippen LogP contribution in [0.25, 0.3) is 0 Å². The topological polar surface area (TPSA) is 124 Å². The number of hydrogen-bond donors (Lipinski definition) is 4. The molecule has 0 aromatic heterocycles. The summed E-state index contributed by atoms with van der Waals surface area (Å²) in [6, 6.07) is 38.4. The summed E-state index contributed by atoms with van der Waals surface area (Å²) in [5.74, 6) is 1.20. The van der Waals surface area contributed by atoms with E-state index in [-0.39, 0.29) is 70.3 Å². The normalized spacial score (nSPS) is 16.1. The Morgan fingerprint density at radius 2 is 0.683 bits per heavy atom. The van der Waals surface area contributed by atoms with E-state index in [4.69, 9.17) is 9.47 Å². The van der Waals surface area contributed by atoms with Crippen LogP contribution in [0.1, 0.15) is 187 Å². The van der Waals surface area contributed by atoms with Crippen LogP contribution in [0.2, 0.25) is 0 Å². The molecule has 1 aliphatic carbocycles. The van der Waals surface area contributed by atoms with Crippen molar-refractivity contribution in [3.63, 3.8) is 0 Å². The number of rotatable bonds is 12. The van der Waals surface area contributed by atoms with Crippen LogP contribution in [0.4, 0.5) is 0 Å². The van der Waals surface area contributed by atoms with E-state index in [1.165, 1.54) is 11.1 Å². The predicted octanol–water partition coefficient (Wildman–Crippen LogP) is 13.3. The van der Waals surface area contributed by atoms with Gasteiger partial charge in [0.15, 0.2) is 13.2 Å². The SMILES string of the molecule is CC(C)(C)c1cc2c(O)c(c1)Cc1cc(C(C)(C)C)cc(c1OCC(=O)NC1CCN(Cc3ccccc3)CC1)Cc1cc(C(C)(C)C)cc(c1O)Cc1cc(C(C)(C)C)cc(c1OCC(=O)NC1CCN(Cc3ccccc3)CC1)C2. The van der Waals surface area contributed by atoms with Gasteiger partial charge in [-0.15, -0.1) is 0 Å². The van der Waals surface area contributed by atoms with E-state index in [1.54, 1.807) is 0 Å². The number of carbonyl (C=O) groups excluding carboxylic acids is 2. The molecule has 10 nitrogen and oxygen atoms in total. The van der Waals surface area contributed by atoms with Crippen LogP contribution in [0.3, 0.4) is 0 Å². The summed E-state index contributed by atoms with van der Waals surface area (Å²) in [6.45, 7) is 31.4. The molecule has 2 saturated heterocycles. The van der Waals surface area contributed by atoms with Crippen molar-refractivity contribution < 1.29 is 29.3 Å². The quantitative estimate of drug-likeness (QED) is 0.0954. The van der Waals surface area contributed by atoms with Crippen LogP contribution < -0.4 is 20.1 Å². The highest BCUT2D eigenvalue weighted by molar-refractivity contribution is 5.78. The highest BCUT2D eigenvalue weighted by Gasteiger charge is 2.30. The van der Waals surface area contributed by atoms with Crippen LogP contribution in [0.5, 0.6) is 23.0 Å². The van der Waals surface area contributed by atoms with Gasteiger partial charge >= 0.3 is 0 Å². The zero-order valence-corrected chi connectivity index (χ0v) is 51.3. The summed E-state index contributed by atoms with van der Waals surface area (Å²) in [5, 5.41) is 32.3. The fourth-order valence-electron chi connectivity index (χ4n) is 12.0. The fourth-order valence-corrected chi connectivity index (χ4v) is 12.0. The van der Waals surface area contributed by atoms with Crippen LogP contribution in [0, 0.1) is 0 Å². The number of nitrogens with one attached hydrogen (secondary N) is 2. The molecular weight excluding hydrogens is 1020 g/mol. The molecule has 6 aromatic carbocycles. The maximum Gasteiger partial charge on any atom is 0.258 e. The van der Waals surface area contributed by atoms with E-state index in [0.717, 1.165) is 132 Å². The lowest BCUT2D eigenvalue weighted by molar-refractivity contribution is -0.124. The maximum atomic E-state index is 14.1. The number of ether oxygens (including phenoxy) is 2. The van der Waals surface area contributed by atoms with Gasteiger partial charge < -0.3 is 30.3 Å². The standard InChI is InChI=1S/C72H92N4O6/c1-69(2,3)57-35-49-31-53-39-59(71(7,8)9)41-55(67(53)81-45-63(77)73-61-23-27-75(28-24-61)43-47-19-15-13-16-20-47)33-51-37-58(70(4,5)6)38-52(66(51)80)34-56-42-60(72(10,11)12)40-54(32-50(36-57)65(49)79)68(56)82-46-64(78)74-62-25-29-76(30-26-62)44-48-21-17-14-18-22-48/h13-22,35-42,61-62,79-80H,23-34,43-46H2,1-12H3,(H,73,77)(H,74,78). The number of likely N-dealkylation sites (tertiary alicyclic amines) is 2. The first-order chi connectivity index (χ1) is 38.7. The van der Waals surface area contributed by atoms with Gasteiger partial charge in [-0.2, -0.15) is 0 Å². The summed E-state index contributed by atoms with van der Waals surface area (Å²) in [7, 11) is 0. The molecule has 2 heterocycles. The number of aromatic hydroxyl groups is 2. The van der Waals surface area contributed by atoms with Crippen molar-refractivity contribution in [2.45, 2.75) is 181 Å². The van der Waals surface area contributed by atoms with Gasteiger partial charge in [0, 0.05) is 77.0 Å². The molecule has 0 atom stereocenters. The second-order valence-corrected chi connectivity index (χ2v) is 28.0.